The molecule has 0 saturated carbocycles. The highest BCUT2D eigenvalue weighted by molar-refractivity contribution is 5.52. The molecule has 0 N–H and O–H groups in total. The minimum Gasteiger partial charge on any atom is -0.291 e. The van der Waals surface area contributed by atoms with Gasteiger partial charge in [0.05, 0.1) is 0 Å². The van der Waals surface area contributed by atoms with Crippen LogP contribution in [-0.2, 0) is 4.79 Å². The van der Waals surface area contributed by atoms with Crippen molar-refractivity contribution in [2.24, 2.45) is 0 Å². The van der Waals surface area contributed by atoms with Crippen LogP contribution in [0.15, 0.2) is 12.2 Å². The Balaban J connectivity index is 2.95. The predicted octanol–water partition coefficient (Wildman–Crippen LogP) is 4.57. The average molecular weight is 209 g/mol. The number of carbonyl (C=O) groups excluding carboxylic acids is 1. The van der Waals surface area contributed by atoms with Crippen LogP contribution in [0, 0.1) is 0 Å². The van der Waals surface area contributed by atoms with Crippen LogP contribution in [0.5, 0.6) is 0 Å². The number of hydrogen-bond acceptors (Lipinski definition) is 1. The van der Waals surface area contributed by atoms with E-state index in [2.05, 4.69) is 13.0 Å². The molecule has 0 atom stereocenters. The highest BCUT2D eigenvalue weighted by Gasteiger charge is 1.90. The zero-order chi connectivity index (χ0) is 11.2. The molecule has 0 fully saturated rings. The van der Waals surface area contributed by atoms with Gasteiger partial charge in [-0.05, 0) is 12.8 Å². The summed E-state index contributed by atoms with van der Waals surface area (Å²) in [6, 6.07) is 0. The van der Waals surface area contributed by atoms with E-state index in [4.69, 9.17) is 0 Å². The van der Waals surface area contributed by atoms with Gasteiger partial charge >= 0.3 is 0 Å². The van der Waals surface area contributed by atoms with Crippen molar-refractivity contribution in [2.45, 2.75) is 71.1 Å². The fourth-order valence-electron chi connectivity index (χ4n) is 1.65. The van der Waals surface area contributed by atoms with Gasteiger partial charge in [-0.25, -0.2) is 0 Å². The first-order chi connectivity index (χ1) is 7.41. The van der Waals surface area contributed by atoms with Crippen molar-refractivity contribution in [2.75, 3.05) is 0 Å². The molecule has 0 aromatic rings. The standard InChI is InChI=1S/C14H25O/c1-2-3-4-5-6-7-8-9-10-11-12-13-14-15/h11-12H,2-10,13H2,1H3/b12-11-. The maximum Gasteiger partial charge on any atom is 0.202 e. The van der Waals surface area contributed by atoms with E-state index in [1.54, 1.807) is 0 Å². The lowest BCUT2D eigenvalue weighted by molar-refractivity contribution is 0.556. The maximum absolute atomic E-state index is 9.89. The van der Waals surface area contributed by atoms with Crippen LogP contribution < -0.4 is 0 Å². The van der Waals surface area contributed by atoms with E-state index < -0.39 is 0 Å². The van der Waals surface area contributed by atoms with Crippen molar-refractivity contribution in [3.8, 4) is 0 Å². The second kappa shape index (κ2) is 13.4. The van der Waals surface area contributed by atoms with Crippen molar-refractivity contribution in [1.82, 2.24) is 0 Å². The van der Waals surface area contributed by atoms with Gasteiger partial charge in [-0.3, -0.25) is 4.79 Å². The van der Waals surface area contributed by atoms with Gasteiger partial charge in [0, 0.05) is 6.42 Å². The van der Waals surface area contributed by atoms with Crippen LogP contribution in [0.3, 0.4) is 0 Å². The fourth-order valence-corrected chi connectivity index (χ4v) is 1.65. The molecule has 87 valence electrons. The molecule has 1 radical (unpaired) electrons. The van der Waals surface area contributed by atoms with Gasteiger partial charge in [0.15, 0.2) is 0 Å². The summed E-state index contributed by atoms with van der Waals surface area (Å²) in [5, 5.41) is 0. The van der Waals surface area contributed by atoms with E-state index in [9.17, 15) is 4.79 Å². The van der Waals surface area contributed by atoms with Crippen LogP contribution >= 0.6 is 0 Å². The fraction of sp³-hybridized carbons (Fsp3) is 0.786. The lowest BCUT2D eigenvalue weighted by Crippen LogP contribution is -1.80. The first-order valence-electron chi connectivity index (χ1n) is 6.41. The normalized spacial score (nSPS) is 11.0. The zero-order valence-corrected chi connectivity index (χ0v) is 10.1. The van der Waals surface area contributed by atoms with Crippen LogP contribution in [0.25, 0.3) is 0 Å². The third kappa shape index (κ3) is 13.4. The Bertz CT molecular complexity index is 149. The van der Waals surface area contributed by atoms with E-state index in [0.717, 1.165) is 6.42 Å². The number of rotatable bonds is 11. The molecule has 0 aliphatic rings. The predicted molar refractivity (Wildman–Crippen MR) is 66.7 cm³/mol. The molecule has 0 rings (SSSR count). The van der Waals surface area contributed by atoms with Crippen LogP contribution in [0.2, 0.25) is 0 Å². The Labute approximate surface area is 95.0 Å². The largest absolute Gasteiger partial charge is 0.291 e. The highest BCUT2D eigenvalue weighted by atomic mass is 16.1. The summed E-state index contributed by atoms with van der Waals surface area (Å²) in [7, 11) is 0. The molecule has 0 aromatic heterocycles. The SMILES string of the molecule is CCCCCCCCCC/C=C\C[C]=O. The Kier molecular flexibility index (Phi) is 12.9. The second-order valence-corrected chi connectivity index (χ2v) is 4.08. The summed E-state index contributed by atoms with van der Waals surface area (Å²) < 4.78 is 0. The average Bonchev–Trinajstić information content (AvgIpc) is 2.26. The Hall–Kier alpha value is -0.590. The molecule has 0 amide bonds. The molecule has 1 heteroatoms. The monoisotopic (exact) mass is 209 g/mol. The minimum atomic E-state index is 0.455. The minimum absolute atomic E-state index is 0.455. The third-order valence-corrected chi connectivity index (χ3v) is 2.59. The van der Waals surface area contributed by atoms with E-state index in [-0.39, 0.29) is 0 Å². The smallest absolute Gasteiger partial charge is 0.202 e. The Morgan fingerprint density at radius 3 is 2.07 bits per heavy atom. The molecular formula is C14H25O. The maximum atomic E-state index is 9.89. The van der Waals surface area contributed by atoms with Crippen molar-refractivity contribution in [3.63, 3.8) is 0 Å². The molecular weight excluding hydrogens is 184 g/mol. The topological polar surface area (TPSA) is 17.1 Å². The van der Waals surface area contributed by atoms with Crippen molar-refractivity contribution in [1.29, 1.82) is 0 Å². The van der Waals surface area contributed by atoms with Crippen LogP contribution in [-0.4, -0.2) is 6.29 Å². The molecule has 0 heterocycles. The molecule has 0 aliphatic heterocycles. The number of unbranched alkanes of at least 4 members (excludes halogenated alkanes) is 8. The summed E-state index contributed by atoms with van der Waals surface area (Å²) >= 11 is 0. The lowest BCUT2D eigenvalue weighted by Gasteiger charge is -1.99. The van der Waals surface area contributed by atoms with Crippen LogP contribution in [0.4, 0.5) is 0 Å². The van der Waals surface area contributed by atoms with Gasteiger partial charge < -0.3 is 0 Å². The molecule has 0 unspecified atom stereocenters. The first kappa shape index (κ1) is 14.4. The van der Waals surface area contributed by atoms with Crippen molar-refractivity contribution >= 4 is 6.29 Å². The number of allylic oxidation sites excluding steroid dienone is 2. The molecule has 0 aliphatic carbocycles. The lowest BCUT2D eigenvalue weighted by atomic mass is 10.1. The molecule has 1 nitrogen and oxygen atoms in total. The second-order valence-electron chi connectivity index (χ2n) is 4.08. The molecule has 0 saturated heterocycles. The summed E-state index contributed by atoms with van der Waals surface area (Å²) in [5.41, 5.74) is 0. The van der Waals surface area contributed by atoms with E-state index in [0.29, 0.717) is 6.42 Å². The van der Waals surface area contributed by atoms with Crippen LogP contribution in [0.1, 0.15) is 71.1 Å². The quantitative estimate of drug-likeness (QED) is 0.360. The summed E-state index contributed by atoms with van der Waals surface area (Å²) in [6.07, 6.45) is 18.4. The van der Waals surface area contributed by atoms with Gasteiger partial charge in [-0.1, -0.05) is 64.0 Å². The Morgan fingerprint density at radius 1 is 0.867 bits per heavy atom. The van der Waals surface area contributed by atoms with Crippen molar-refractivity contribution < 1.29 is 4.79 Å². The molecule has 15 heavy (non-hydrogen) atoms. The number of hydrogen-bond donors (Lipinski definition) is 0. The van der Waals surface area contributed by atoms with E-state index >= 15 is 0 Å². The molecule has 0 spiro atoms. The van der Waals surface area contributed by atoms with E-state index in [1.165, 1.54) is 51.4 Å². The molecule has 0 aromatic carbocycles. The Morgan fingerprint density at radius 2 is 1.47 bits per heavy atom. The summed E-state index contributed by atoms with van der Waals surface area (Å²) in [4.78, 5) is 9.89. The van der Waals surface area contributed by atoms with Gasteiger partial charge in [-0.15, -0.1) is 0 Å². The molecule has 0 bridgehead atoms. The van der Waals surface area contributed by atoms with E-state index in [1.807, 2.05) is 12.4 Å². The zero-order valence-electron chi connectivity index (χ0n) is 10.1. The third-order valence-electron chi connectivity index (χ3n) is 2.59. The van der Waals surface area contributed by atoms with Gasteiger partial charge in [0.1, 0.15) is 0 Å². The van der Waals surface area contributed by atoms with Crippen molar-refractivity contribution in [3.05, 3.63) is 12.2 Å². The summed E-state index contributed by atoms with van der Waals surface area (Å²) in [5.74, 6) is 0. The van der Waals surface area contributed by atoms with Gasteiger partial charge in [0.2, 0.25) is 6.29 Å². The first-order valence-corrected chi connectivity index (χ1v) is 6.41. The summed E-state index contributed by atoms with van der Waals surface area (Å²) in [6.45, 7) is 2.25. The van der Waals surface area contributed by atoms with Gasteiger partial charge in [0.25, 0.3) is 0 Å². The highest BCUT2D eigenvalue weighted by Crippen LogP contribution is 2.09. The van der Waals surface area contributed by atoms with Gasteiger partial charge in [-0.2, -0.15) is 0 Å².